The molecule has 2 aromatic carbocycles. The molecule has 0 spiro atoms. The van der Waals surface area contributed by atoms with Crippen LogP contribution in [0.2, 0.25) is 0 Å². The van der Waals surface area contributed by atoms with E-state index in [4.69, 9.17) is 4.18 Å². The molecule has 1 aliphatic rings. The quantitative estimate of drug-likeness (QED) is 0.269. The predicted octanol–water partition coefficient (Wildman–Crippen LogP) is 4.65. The first-order valence-electron chi connectivity index (χ1n) is 10.9. The second kappa shape index (κ2) is 10.3. The van der Waals surface area contributed by atoms with Crippen LogP contribution < -0.4 is 9.50 Å². The topological polar surface area (TPSA) is 86.1 Å². The van der Waals surface area contributed by atoms with Crippen molar-refractivity contribution >= 4 is 27.6 Å². The van der Waals surface area contributed by atoms with Crippen molar-refractivity contribution in [1.29, 1.82) is 0 Å². The van der Waals surface area contributed by atoms with E-state index in [9.17, 15) is 17.2 Å². The molecule has 3 aromatic rings. The van der Waals surface area contributed by atoms with Crippen LogP contribution in [0.3, 0.4) is 0 Å². The van der Waals surface area contributed by atoms with Gasteiger partial charge in [-0.05, 0) is 73.6 Å². The fraction of sp³-hybridized carbons (Fsp3) is 0.391. The summed E-state index contributed by atoms with van der Waals surface area (Å²) in [5, 5.41) is 12.5. The highest BCUT2D eigenvalue weighted by Gasteiger charge is 2.18. The number of fused-ring (bicyclic) bond motifs is 1. The van der Waals surface area contributed by atoms with Gasteiger partial charge in [-0.2, -0.15) is 8.42 Å². The minimum absolute atomic E-state index is 0.337. The number of hydrogen-bond acceptors (Lipinski definition) is 7. The van der Waals surface area contributed by atoms with Crippen LogP contribution in [0, 0.1) is 17.6 Å². The molecule has 7 nitrogen and oxygen atoms in total. The van der Waals surface area contributed by atoms with Crippen LogP contribution in [0.1, 0.15) is 24.8 Å². The molecule has 0 radical (unpaired) electrons. The van der Waals surface area contributed by atoms with Gasteiger partial charge in [0, 0.05) is 30.6 Å². The van der Waals surface area contributed by atoms with Crippen molar-refractivity contribution in [1.82, 2.24) is 14.8 Å². The number of benzene rings is 2. The summed E-state index contributed by atoms with van der Waals surface area (Å²) in [6.45, 7) is 0.855. The lowest BCUT2D eigenvalue weighted by atomic mass is 9.97. The highest BCUT2D eigenvalue weighted by molar-refractivity contribution is 7.99. The van der Waals surface area contributed by atoms with Crippen molar-refractivity contribution in [2.75, 3.05) is 23.9 Å². The van der Waals surface area contributed by atoms with Crippen LogP contribution in [0.5, 0.6) is 5.75 Å². The van der Waals surface area contributed by atoms with Crippen molar-refractivity contribution in [3.05, 3.63) is 53.6 Å². The highest BCUT2D eigenvalue weighted by atomic mass is 32.2. The second-order valence-corrected chi connectivity index (χ2v) is 11.0. The Kier molecular flexibility index (Phi) is 7.42. The van der Waals surface area contributed by atoms with Gasteiger partial charge in [0.15, 0.2) is 22.6 Å². The maximum Gasteiger partial charge on any atom is 0.306 e. The number of hydrogen-bond donors (Lipinski definition) is 1. The van der Waals surface area contributed by atoms with Crippen molar-refractivity contribution in [2.45, 2.75) is 30.8 Å². The molecule has 0 bridgehead atoms. The summed E-state index contributed by atoms with van der Waals surface area (Å²) in [6.07, 6.45) is 4.91. The smallest absolute Gasteiger partial charge is 0.306 e. The molecule has 11 heteroatoms. The Morgan fingerprint density at radius 2 is 2.00 bits per heavy atom. The van der Waals surface area contributed by atoms with Gasteiger partial charge in [-0.1, -0.05) is 11.8 Å². The average molecular weight is 509 g/mol. The largest absolute Gasteiger partial charge is 0.385 e. The third kappa shape index (κ3) is 6.06. The number of aromatic nitrogens is 3. The fourth-order valence-electron chi connectivity index (χ4n) is 4.00. The fourth-order valence-corrected chi connectivity index (χ4v) is 5.33. The van der Waals surface area contributed by atoms with Crippen molar-refractivity contribution in [3.8, 4) is 17.1 Å². The maximum absolute atomic E-state index is 13.6. The number of rotatable bonds is 8. The summed E-state index contributed by atoms with van der Waals surface area (Å²) in [5.41, 5.74) is 2.55. The van der Waals surface area contributed by atoms with Gasteiger partial charge >= 0.3 is 10.1 Å². The zero-order valence-corrected chi connectivity index (χ0v) is 20.6. The van der Waals surface area contributed by atoms with E-state index in [1.807, 2.05) is 13.1 Å². The van der Waals surface area contributed by atoms with E-state index in [1.165, 1.54) is 6.07 Å². The van der Waals surface area contributed by atoms with Crippen LogP contribution in [0.25, 0.3) is 11.4 Å². The molecule has 4 rings (SSSR count). The number of thioether (sulfide) groups is 1. The third-order valence-corrected chi connectivity index (χ3v) is 7.33. The second-order valence-electron chi connectivity index (χ2n) is 8.38. The van der Waals surface area contributed by atoms with Crippen LogP contribution in [0.15, 0.2) is 41.6 Å². The molecule has 34 heavy (non-hydrogen) atoms. The molecular weight excluding hydrogens is 482 g/mol. The van der Waals surface area contributed by atoms with E-state index in [1.54, 1.807) is 28.5 Å². The Bertz CT molecular complexity index is 1280. The Morgan fingerprint density at radius 1 is 1.18 bits per heavy atom. The summed E-state index contributed by atoms with van der Waals surface area (Å²) in [7, 11) is -1.74. The van der Waals surface area contributed by atoms with Crippen LogP contribution in [-0.4, -0.2) is 41.7 Å². The van der Waals surface area contributed by atoms with Gasteiger partial charge in [0.05, 0.1) is 6.26 Å². The molecular formula is C23H26F2N4O3S2. The Hall–Kier alpha value is -2.66. The Morgan fingerprint density at radius 3 is 2.76 bits per heavy atom. The number of nitrogens with one attached hydrogen (secondary N) is 1. The highest BCUT2D eigenvalue weighted by Crippen LogP contribution is 2.30. The van der Waals surface area contributed by atoms with E-state index < -0.39 is 21.8 Å². The monoisotopic (exact) mass is 508 g/mol. The first-order valence-corrected chi connectivity index (χ1v) is 13.7. The van der Waals surface area contributed by atoms with E-state index in [-0.39, 0.29) is 0 Å². The van der Waals surface area contributed by atoms with E-state index in [0.29, 0.717) is 23.1 Å². The minimum atomic E-state index is -3.55. The van der Waals surface area contributed by atoms with E-state index >= 15 is 0 Å². The number of nitrogens with zero attached hydrogens (tertiary/aromatic N) is 3. The Balaban J connectivity index is 1.27. The van der Waals surface area contributed by atoms with E-state index in [2.05, 4.69) is 15.5 Å². The van der Waals surface area contributed by atoms with Gasteiger partial charge in [-0.25, -0.2) is 8.78 Å². The first kappa shape index (κ1) is 24.5. The molecule has 1 atom stereocenters. The summed E-state index contributed by atoms with van der Waals surface area (Å²) in [6, 6.07) is 9.03. The zero-order valence-electron chi connectivity index (χ0n) is 18.9. The van der Waals surface area contributed by atoms with Gasteiger partial charge in [-0.15, -0.1) is 10.2 Å². The summed E-state index contributed by atoms with van der Waals surface area (Å²) >= 11 is 1.59. The summed E-state index contributed by atoms with van der Waals surface area (Å²) in [4.78, 5) is 0. The summed E-state index contributed by atoms with van der Waals surface area (Å²) < 4.78 is 56.3. The van der Waals surface area contributed by atoms with Crippen LogP contribution in [-0.2, 0) is 23.6 Å². The molecule has 2 heterocycles. The molecule has 0 saturated heterocycles. The number of halogens is 2. The lowest BCUT2D eigenvalue weighted by molar-refractivity contribution is 0.475. The minimum Gasteiger partial charge on any atom is -0.385 e. The van der Waals surface area contributed by atoms with Gasteiger partial charge < -0.3 is 14.1 Å². The van der Waals surface area contributed by atoms with Crippen LogP contribution >= 0.6 is 11.8 Å². The molecule has 1 N–H and O–H groups in total. The van der Waals surface area contributed by atoms with Gasteiger partial charge in [0.1, 0.15) is 5.75 Å². The lowest BCUT2D eigenvalue weighted by Gasteiger charge is -2.14. The third-order valence-electron chi connectivity index (χ3n) is 5.73. The zero-order chi connectivity index (χ0) is 24.3. The molecule has 0 aliphatic carbocycles. The molecule has 0 saturated carbocycles. The van der Waals surface area contributed by atoms with E-state index in [0.717, 1.165) is 72.8 Å². The lowest BCUT2D eigenvalue weighted by Crippen LogP contribution is -2.12. The molecule has 0 fully saturated rings. The molecule has 1 unspecified atom stereocenters. The van der Waals surface area contributed by atoms with Crippen molar-refractivity contribution in [3.63, 3.8) is 0 Å². The molecule has 1 aliphatic heterocycles. The predicted molar refractivity (Wildman–Crippen MR) is 129 cm³/mol. The maximum atomic E-state index is 13.6. The normalized spacial score (nSPS) is 15.9. The van der Waals surface area contributed by atoms with Crippen molar-refractivity contribution < 1.29 is 21.4 Å². The summed E-state index contributed by atoms with van der Waals surface area (Å²) in [5.74, 6) is 0.382. The molecule has 0 amide bonds. The SMILES string of the molecule is Cn1c(SCCCC2CCc3cc(OS(C)(=O)=O)ccc3NC2)nnc1-c1ccc(F)c(F)c1. The Labute approximate surface area is 202 Å². The van der Waals surface area contributed by atoms with Crippen molar-refractivity contribution in [2.24, 2.45) is 13.0 Å². The number of aryl methyl sites for hydroxylation is 1. The van der Waals surface area contributed by atoms with Gasteiger partial charge in [0.2, 0.25) is 0 Å². The van der Waals surface area contributed by atoms with Gasteiger partial charge in [-0.3, -0.25) is 0 Å². The molecule has 1 aromatic heterocycles. The first-order chi connectivity index (χ1) is 16.2. The van der Waals surface area contributed by atoms with Crippen LogP contribution in [0.4, 0.5) is 14.5 Å². The molecule has 182 valence electrons. The van der Waals surface area contributed by atoms with Gasteiger partial charge in [0.25, 0.3) is 0 Å². The average Bonchev–Trinajstić information content (AvgIpc) is 3.01. The standard InChI is InChI=1S/C23H26F2N4O3S2/c1-29-22(17-7-9-19(24)20(25)13-17)27-28-23(29)33-11-3-4-15-5-6-16-12-18(32-34(2,30)31)8-10-21(16)26-14-15/h7-10,12-13,15,26H,3-6,11,14H2,1-2H3. The number of anilines is 1.